The van der Waals surface area contributed by atoms with E-state index in [0.717, 1.165) is 36.1 Å². The predicted octanol–water partition coefficient (Wildman–Crippen LogP) is 2.89. The highest BCUT2D eigenvalue weighted by Crippen LogP contribution is 2.30. The minimum Gasteiger partial charge on any atom is -0.324 e. The SMILES string of the molecule is CS(=O)(=O)N1Cc2ccccc2CC1C(=O)Nc1cccc2c1CCCC2. The van der Waals surface area contributed by atoms with E-state index < -0.39 is 16.1 Å². The minimum atomic E-state index is -3.50. The molecule has 1 heterocycles. The molecule has 1 aliphatic heterocycles. The zero-order valence-electron chi connectivity index (χ0n) is 15.4. The standard InChI is InChI=1S/C21H24N2O3S/c1-27(25,26)23-14-17-9-3-2-8-16(17)13-20(23)21(24)22-19-12-6-10-15-7-4-5-11-18(15)19/h2-3,6,8-10,12,20H,4-5,7,11,13-14H2,1H3,(H,22,24). The van der Waals surface area contributed by atoms with Crippen LogP contribution in [0.3, 0.4) is 0 Å². The van der Waals surface area contributed by atoms with E-state index in [-0.39, 0.29) is 12.5 Å². The third-order valence-electron chi connectivity index (χ3n) is 5.59. The fourth-order valence-electron chi connectivity index (χ4n) is 4.19. The maximum Gasteiger partial charge on any atom is 0.243 e. The van der Waals surface area contributed by atoms with E-state index in [9.17, 15) is 13.2 Å². The van der Waals surface area contributed by atoms with Crippen molar-refractivity contribution < 1.29 is 13.2 Å². The van der Waals surface area contributed by atoms with Crippen molar-refractivity contribution in [2.75, 3.05) is 11.6 Å². The second kappa shape index (κ2) is 7.09. The topological polar surface area (TPSA) is 66.5 Å². The number of benzene rings is 2. The van der Waals surface area contributed by atoms with Gasteiger partial charge in [-0.1, -0.05) is 36.4 Å². The lowest BCUT2D eigenvalue weighted by atomic mass is 9.90. The molecule has 142 valence electrons. The first-order chi connectivity index (χ1) is 12.9. The van der Waals surface area contributed by atoms with Gasteiger partial charge < -0.3 is 5.32 Å². The van der Waals surface area contributed by atoms with Gasteiger partial charge in [0.2, 0.25) is 15.9 Å². The predicted molar refractivity (Wildman–Crippen MR) is 106 cm³/mol. The Kier molecular flexibility index (Phi) is 4.78. The Labute approximate surface area is 160 Å². The number of fused-ring (bicyclic) bond motifs is 2. The van der Waals surface area contributed by atoms with Crippen LogP contribution in [-0.4, -0.2) is 30.9 Å². The lowest BCUT2D eigenvalue weighted by Gasteiger charge is -2.34. The molecule has 5 nitrogen and oxygen atoms in total. The zero-order valence-corrected chi connectivity index (χ0v) is 16.3. The number of anilines is 1. The summed E-state index contributed by atoms with van der Waals surface area (Å²) in [5.74, 6) is -0.256. The molecule has 4 rings (SSSR count). The number of amides is 1. The third-order valence-corrected chi connectivity index (χ3v) is 6.82. The van der Waals surface area contributed by atoms with E-state index in [0.29, 0.717) is 6.42 Å². The van der Waals surface area contributed by atoms with Crippen LogP contribution in [-0.2, 0) is 40.6 Å². The van der Waals surface area contributed by atoms with Crippen molar-refractivity contribution in [2.24, 2.45) is 0 Å². The van der Waals surface area contributed by atoms with Crippen LogP contribution < -0.4 is 5.32 Å². The van der Waals surface area contributed by atoms with E-state index in [1.54, 1.807) is 0 Å². The molecule has 0 radical (unpaired) electrons. The maximum atomic E-state index is 13.1. The Morgan fingerprint density at radius 2 is 1.70 bits per heavy atom. The van der Waals surface area contributed by atoms with E-state index in [1.807, 2.05) is 36.4 Å². The quantitative estimate of drug-likeness (QED) is 0.885. The third kappa shape index (κ3) is 3.64. The monoisotopic (exact) mass is 384 g/mol. The van der Waals surface area contributed by atoms with Crippen molar-refractivity contribution in [2.45, 2.75) is 44.7 Å². The number of nitrogens with one attached hydrogen (secondary N) is 1. The number of hydrogen-bond donors (Lipinski definition) is 1. The molecule has 6 heteroatoms. The van der Waals surface area contributed by atoms with Gasteiger partial charge in [0, 0.05) is 12.2 Å². The highest BCUT2D eigenvalue weighted by atomic mass is 32.2. The van der Waals surface area contributed by atoms with Gasteiger partial charge in [-0.15, -0.1) is 0 Å². The fourth-order valence-corrected chi connectivity index (χ4v) is 5.19. The van der Waals surface area contributed by atoms with Crippen molar-refractivity contribution in [1.82, 2.24) is 4.31 Å². The van der Waals surface area contributed by atoms with Crippen molar-refractivity contribution in [1.29, 1.82) is 0 Å². The van der Waals surface area contributed by atoms with Crippen molar-refractivity contribution in [3.63, 3.8) is 0 Å². The number of carbonyl (C=O) groups is 1. The van der Waals surface area contributed by atoms with Gasteiger partial charge in [-0.2, -0.15) is 4.31 Å². The molecular weight excluding hydrogens is 360 g/mol. The number of hydrogen-bond acceptors (Lipinski definition) is 3. The number of nitrogens with zero attached hydrogens (tertiary/aromatic N) is 1. The Hall–Kier alpha value is -2.18. The first kappa shape index (κ1) is 18.2. The summed E-state index contributed by atoms with van der Waals surface area (Å²) in [4.78, 5) is 13.1. The van der Waals surface area contributed by atoms with Crippen molar-refractivity contribution >= 4 is 21.6 Å². The number of rotatable bonds is 3. The molecule has 2 aromatic carbocycles. The Morgan fingerprint density at radius 1 is 1.00 bits per heavy atom. The molecule has 1 N–H and O–H groups in total. The van der Waals surface area contributed by atoms with Crippen molar-refractivity contribution in [3.05, 3.63) is 64.7 Å². The molecule has 1 aliphatic carbocycles. The maximum absolute atomic E-state index is 13.1. The number of sulfonamides is 1. The molecular formula is C21H24N2O3S. The lowest BCUT2D eigenvalue weighted by molar-refractivity contribution is -0.120. The van der Waals surface area contributed by atoms with Gasteiger partial charge in [0.25, 0.3) is 0 Å². The molecule has 27 heavy (non-hydrogen) atoms. The summed E-state index contributed by atoms with van der Waals surface area (Å²) in [5.41, 5.74) is 5.30. The van der Waals surface area contributed by atoms with Crippen LogP contribution in [0.2, 0.25) is 0 Å². The Bertz CT molecular complexity index is 985. The van der Waals surface area contributed by atoms with Crippen LogP contribution >= 0.6 is 0 Å². The smallest absolute Gasteiger partial charge is 0.243 e. The van der Waals surface area contributed by atoms with E-state index in [4.69, 9.17) is 0 Å². The molecule has 0 saturated heterocycles. The van der Waals surface area contributed by atoms with E-state index >= 15 is 0 Å². The van der Waals surface area contributed by atoms with Crippen LogP contribution in [0.5, 0.6) is 0 Å². The molecule has 0 aromatic heterocycles. The molecule has 0 spiro atoms. The molecule has 0 fully saturated rings. The normalized spacial score (nSPS) is 19.8. The highest BCUT2D eigenvalue weighted by Gasteiger charge is 2.37. The van der Waals surface area contributed by atoms with Crippen LogP contribution in [0.1, 0.15) is 35.1 Å². The summed E-state index contributed by atoms with van der Waals surface area (Å²) in [7, 11) is -3.50. The van der Waals surface area contributed by atoms with Gasteiger partial charge in [-0.3, -0.25) is 4.79 Å². The van der Waals surface area contributed by atoms with Crippen LogP contribution in [0.25, 0.3) is 0 Å². The van der Waals surface area contributed by atoms with Crippen LogP contribution in [0.15, 0.2) is 42.5 Å². The average Bonchev–Trinajstić information content (AvgIpc) is 2.66. The number of aryl methyl sites for hydroxylation is 1. The summed E-state index contributed by atoms with van der Waals surface area (Å²) in [5, 5.41) is 3.03. The van der Waals surface area contributed by atoms with Crippen LogP contribution in [0.4, 0.5) is 5.69 Å². The van der Waals surface area contributed by atoms with Crippen molar-refractivity contribution in [3.8, 4) is 0 Å². The van der Waals surface area contributed by atoms with Crippen LogP contribution in [0, 0.1) is 0 Å². The second-order valence-corrected chi connectivity index (χ2v) is 9.37. The first-order valence-corrected chi connectivity index (χ1v) is 11.2. The lowest BCUT2D eigenvalue weighted by Crippen LogP contribution is -2.50. The fraction of sp³-hybridized carbons (Fsp3) is 0.381. The van der Waals surface area contributed by atoms with Gasteiger partial charge in [0.1, 0.15) is 6.04 Å². The minimum absolute atomic E-state index is 0.236. The van der Waals surface area contributed by atoms with Gasteiger partial charge in [-0.05, 0) is 60.4 Å². The summed E-state index contributed by atoms with van der Waals surface area (Å²) >= 11 is 0. The second-order valence-electron chi connectivity index (χ2n) is 7.44. The summed E-state index contributed by atoms with van der Waals surface area (Å²) < 4.78 is 26.0. The first-order valence-electron chi connectivity index (χ1n) is 9.39. The largest absolute Gasteiger partial charge is 0.324 e. The molecule has 1 amide bonds. The summed E-state index contributed by atoms with van der Waals surface area (Å²) in [6.07, 6.45) is 5.84. The zero-order chi connectivity index (χ0) is 19.0. The average molecular weight is 385 g/mol. The van der Waals surface area contributed by atoms with Gasteiger partial charge in [0.05, 0.1) is 6.26 Å². The van der Waals surface area contributed by atoms with E-state index in [2.05, 4.69) is 11.4 Å². The molecule has 0 bridgehead atoms. The van der Waals surface area contributed by atoms with Gasteiger partial charge in [0.15, 0.2) is 0 Å². The molecule has 1 atom stereocenters. The Balaban J connectivity index is 1.64. The number of carbonyl (C=O) groups excluding carboxylic acids is 1. The van der Waals surface area contributed by atoms with E-state index in [1.165, 1.54) is 28.1 Å². The van der Waals surface area contributed by atoms with Gasteiger partial charge >= 0.3 is 0 Å². The highest BCUT2D eigenvalue weighted by molar-refractivity contribution is 7.88. The summed E-state index contributed by atoms with van der Waals surface area (Å²) in [6.45, 7) is 0.236. The molecule has 0 saturated carbocycles. The molecule has 1 unspecified atom stereocenters. The molecule has 2 aliphatic rings. The molecule has 2 aromatic rings. The summed E-state index contributed by atoms with van der Waals surface area (Å²) in [6, 6.07) is 13.0. The Morgan fingerprint density at radius 3 is 2.48 bits per heavy atom. The van der Waals surface area contributed by atoms with Gasteiger partial charge in [-0.25, -0.2) is 8.42 Å².